The Balaban J connectivity index is 2.05. The van der Waals surface area contributed by atoms with Crippen molar-refractivity contribution in [1.82, 2.24) is 10.3 Å². The van der Waals surface area contributed by atoms with Crippen LogP contribution in [0, 0.1) is 5.92 Å². The predicted octanol–water partition coefficient (Wildman–Crippen LogP) is 2.53. The Bertz CT molecular complexity index is 391. The van der Waals surface area contributed by atoms with Gasteiger partial charge in [-0.05, 0) is 30.9 Å². The lowest BCUT2D eigenvalue weighted by molar-refractivity contribution is 0.0947. The summed E-state index contributed by atoms with van der Waals surface area (Å²) >= 11 is 11.5. The first-order valence-corrected chi connectivity index (χ1v) is 5.52. The third-order valence-electron chi connectivity index (χ3n) is 2.28. The van der Waals surface area contributed by atoms with Crippen LogP contribution >= 0.6 is 23.2 Å². The minimum absolute atomic E-state index is 0.199. The molecule has 5 heteroatoms. The number of nitrogens with one attached hydrogen (secondary N) is 1. The van der Waals surface area contributed by atoms with E-state index in [-0.39, 0.29) is 16.8 Å². The third-order valence-corrected chi connectivity index (χ3v) is 2.79. The van der Waals surface area contributed by atoms with E-state index in [1.165, 1.54) is 12.8 Å². The number of rotatable bonds is 3. The SMILES string of the molecule is O=C(NCC1CC1)c1nc(Cl)ccc1Cl. The van der Waals surface area contributed by atoms with Gasteiger partial charge in [0.1, 0.15) is 10.8 Å². The predicted molar refractivity (Wildman–Crippen MR) is 59.3 cm³/mol. The summed E-state index contributed by atoms with van der Waals surface area (Å²) in [7, 11) is 0. The first-order chi connectivity index (χ1) is 7.16. The number of hydrogen-bond donors (Lipinski definition) is 1. The van der Waals surface area contributed by atoms with Gasteiger partial charge in [-0.2, -0.15) is 0 Å². The van der Waals surface area contributed by atoms with Gasteiger partial charge in [-0.3, -0.25) is 4.79 Å². The van der Waals surface area contributed by atoms with Gasteiger partial charge in [0.05, 0.1) is 5.02 Å². The highest BCUT2D eigenvalue weighted by Gasteiger charge is 2.22. The van der Waals surface area contributed by atoms with Crippen LogP contribution < -0.4 is 5.32 Å². The second-order valence-electron chi connectivity index (χ2n) is 3.62. The van der Waals surface area contributed by atoms with Crippen LogP contribution in [0.1, 0.15) is 23.3 Å². The molecule has 1 amide bonds. The molecule has 0 unspecified atom stereocenters. The molecule has 0 atom stereocenters. The molecule has 1 aliphatic rings. The van der Waals surface area contributed by atoms with Gasteiger partial charge in [-0.25, -0.2) is 4.98 Å². The zero-order chi connectivity index (χ0) is 10.8. The first kappa shape index (κ1) is 10.7. The standard InChI is InChI=1S/C10H10Cl2N2O/c11-7-3-4-8(12)14-9(7)10(15)13-5-6-1-2-6/h3-4,6H,1-2,5H2,(H,13,15). The lowest BCUT2D eigenvalue weighted by atomic mass is 10.3. The molecule has 15 heavy (non-hydrogen) atoms. The summed E-state index contributed by atoms with van der Waals surface area (Å²) in [5.41, 5.74) is 0.199. The van der Waals surface area contributed by atoms with E-state index in [4.69, 9.17) is 23.2 Å². The van der Waals surface area contributed by atoms with Crippen LogP contribution in [-0.2, 0) is 0 Å². The van der Waals surface area contributed by atoms with E-state index < -0.39 is 0 Å². The molecule has 1 aromatic rings. The van der Waals surface area contributed by atoms with Crippen molar-refractivity contribution in [3.05, 3.63) is 28.0 Å². The van der Waals surface area contributed by atoms with Gasteiger partial charge in [0.2, 0.25) is 0 Å². The van der Waals surface area contributed by atoms with E-state index in [1.54, 1.807) is 12.1 Å². The normalized spacial score (nSPS) is 15.1. The molecule has 80 valence electrons. The van der Waals surface area contributed by atoms with Crippen LogP contribution in [0.5, 0.6) is 0 Å². The van der Waals surface area contributed by atoms with Gasteiger partial charge >= 0.3 is 0 Å². The van der Waals surface area contributed by atoms with Crippen molar-refractivity contribution in [3.63, 3.8) is 0 Å². The molecule has 0 spiro atoms. The van der Waals surface area contributed by atoms with Crippen LogP contribution in [-0.4, -0.2) is 17.4 Å². The molecular weight excluding hydrogens is 235 g/mol. The van der Waals surface area contributed by atoms with Crippen molar-refractivity contribution < 1.29 is 4.79 Å². The lowest BCUT2D eigenvalue weighted by Gasteiger charge is -2.05. The Morgan fingerprint density at radius 1 is 1.47 bits per heavy atom. The van der Waals surface area contributed by atoms with Crippen molar-refractivity contribution in [1.29, 1.82) is 0 Å². The van der Waals surface area contributed by atoms with Gasteiger partial charge in [-0.15, -0.1) is 0 Å². The maximum absolute atomic E-state index is 11.6. The van der Waals surface area contributed by atoms with Gasteiger partial charge in [0, 0.05) is 6.54 Å². The molecule has 1 fully saturated rings. The maximum atomic E-state index is 11.6. The van der Waals surface area contributed by atoms with Gasteiger partial charge in [0.15, 0.2) is 0 Å². The minimum atomic E-state index is -0.255. The highest BCUT2D eigenvalue weighted by atomic mass is 35.5. The number of hydrogen-bond acceptors (Lipinski definition) is 2. The zero-order valence-corrected chi connectivity index (χ0v) is 9.48. The number of pyridine rings is 1. The molecule has 0 radical (unpaired) electrons. The number of amides is 1. The fourth-order valence-corrected chi connectivity index (χ4v) is 1.56. The van der Waals surface area contributed by atoms with E-state index in [2.05, 4.69) is 10.3 Å². The molecule has 0 aromatic carbocycles. The Morgan fingerprint density at radius 2 is 2.20 bits per heavy atom. The van der Waals surface area contributed by atoms with Gasteiger partial charge in [0.25, 0.3) is 5.91 Å². The zero-order valence-electron chi connectivity index (χ0n) is 7.96. The Kier molecular flexibility index (Phi) is 3.12. The fourth-order valence-electron chi connectivity index (χ4n) is 1.22. The molecule has 0 aliphatic heterocycles. The molecule has 3 nitrogen and oxygen atoms in total. The monoisotopic (exact) mass is 244 g/mol. The molecule has 0 bridgehead atoms. The summed E-state index contributed by atoms with van der Waals surface area (Å²) in [6.45, 7) is 0.698. The number of halogens is 2. The summed E-state index contributed by atoms with van der Waals surface area (Å²) in [6, 6.07) is 3.13. The smallest absolute Gasteiger partial charge is 0.271 e. The van der Waals surface area contributed by atoms with Crippen molar-refractivity contribution in [2.24, 2.45) is 5.92 Å². The minimum Gasteiger partial charge on any atom is -0.350 e. The van der Waals surface area contributed by atoms with Crippen molar-refractivity contribution in [2.75, 3.05) is 6.54 Å². The van der Waals surface area contributed by atoms with E-state index in [9.17, 15) is 4.79 Å². The molecule has 1 N–H and O–H groups in total. The third kappa shape index (κ3) is 2.83. The molecule has 1 saturated carbocycles. The summed E-state index contributed by atoms with van der Waals surface area (Å²) < 4.78 is 0. The Morgan fingerprint density at radius 3 is 2.87 bits per heavy atom. The number of nitrogens with zero attached hydrogens (tertiary/aromatic N) is 1. The Hall–Kier alpha value is -0.800. The average Bonchev–Trinajstić information content (AvgIpc) is 3.02. The summed E-state index contributed by atoms with van der Waals surface area (Å²) in [5.74, 6) is 0.376. The number of aromatic nitrogens is 1. The quantitative estimate of drug-likeness (QED) is 0.831. The molecule has 0 saturated heterocycles. The highest BCUT2D eigenvalue weighted by molar-refractivity contribution is 6.34. The fraction of sp³-hybridized carbons (Fsp3) is 0.400. The first-order valence-electron chi connectivity index (χ1n) is 4.77. The summed E-state index contributed by atoms with van der Waals surface area (Å²) in [6.07, 6.45) is 2.38. The van der Waals surface area contributed by atoms with E-state index in [1.807, 2.05) is 0 Å². The second-order valence-corrected chi connectivity index (χ2v) is 4.41. The lowest BCUT2D eigenvalue weighted by Crippen LogP contribution is -2.26. The van der Waals surface area contributed by atoms with Crippen molar-refractivity contribution in [2.45, 2.75) is 12.8 Å². The average molecular weight is 245 g/mol. The number of carbonyl (C=O) groups is 1. The van der Waals surface area contributed by atoms with Crippen LogP contribution in [0.15, 0.2) is 12.1 Å². The molecular formula is C10H10Cl2N2O. The highest BCUT2D eigenvalue weighted by Crippen LogP contribution is 2.27. The van der Waals surface area contributed by atoms with Crippen LogP contribution in [0.2, 0.25) is 10.2 Å². The van der Waals surface area contributed by atoms with Gasteiger partial charge in [-0.1, -0.05) is 23.2 Å². The Labute approximate surface area is 97.8 Å². The summed E-state index contributed by atoms with van der Waals surface area (Å²) in [5, 5.41) is 3.39. The topological polar surface area (TPSA) is 42.0 Å². The van der Waals surface area contributed by atoms with Crippen LogP contribution in [0.3, 0.4) is 0 Å². The van der Waals surface area contributed by atoms with Gasteiger partial charge < -0.3 is 5.32 Å². The second kappa shape index (κ2) is 4.37. The van der Waals surface area contributed by atoms with Crippen LogP contribution in [0.4, 0.5) is 0 Å². The van der Waals surface area contributed by atoms with Crippen molar-refractivity contribution >= 4 is 29.1 Å². The molecule has 2 rings (SSSR count). The number of carbonyl (C=O) groups excluding carboxylic acids is 1. The van der Waals surface area contributed by atoms with Crippen molar-refractivity contribution in [3.8, 4) is 0 Å². The van der Waals surface area contributed by atoms with E-state index >= 15 is 0 Å². The molecule has 1 aliphatic carbocycles. The van der Waals surface area contributed by atoms with Crippen LogP contribution in [0.25, 0.3) is 0 Å². The molecule has 1 heterocycles. The summed E-state index contributed by atoms with van der Waals surface area (Å²) in [4.78, 5) is 15.5. The maximum Gasteiger partial charge on any atom is 0.271 e. The molecule has 1 aromatic heterocycles. The largest absolute Gasteiger partial charge is 0.350 e. The van der Waals surface area contributed by atoms with E-state index in [0.717, 1.165) is 0 Å². The van der Waals surface area contributed by atoms with E-state index in [0.29, 0.717) is 17.5 Å².